The average Bonchev–Trinajstić information content (AvgIpc) is 2.68. The molecule has 0 spiro atoms. The van der Waals surface area contributed by atoms with E-state index in [1.54, 1.807) is 24.3 Å². The Kier molecular flexibility index (Phi) is 6.90. The second kappa shape index (κ2) is 9.35. The van der Waals surface area contributed by atoms with Crippen LogP contribution in [0, 0.1) is 11.3 Å². The van der Waals surface area contributed by atoms with Crippen molar-refractivity contribution in [3.05, 3.63) is 77.0 Å². The summed E-state index contributed by atoms with van der Waals surface area (Å²) >= 11 is 0. The van der Waals surface area contributed by atoms with E-state index in [1.807, 2.05) is 25.1 Å². The molecule has 1 atom stereocenters. The van der Waals surface area contributed by atoms with Crippen molar-refractivity contribution in [3.63, 3.8) is 0 Å². The van der Waals surface area contributed by atoms with Gasteiger partial charge in [0.2, 0.25) is 0 Å². The van der Waals surface area contributed by atoms with E-state index in [4.69, 9.17) is 0 Å². The minimum atomic E-state index is -0.528. The Morgan fingerprint density at radius 2 is 1.89 bits per heavy atom. The van der Waals surface area contributed by atoms with E-state index >= 15 is 0 Å². The van der Waals surface area contributed by atoms with Gasteiger partial charge in [0.05, 0.1) is 0 Å². The summed E-state index contributed by atoms with van der Waals surface area (Å²) in [6.45, 7) is 5.52. The summed E-state index contributed by atoms with van der Waals surface area (Å²) in [5.41, 5.74) is 3.25. The van der Waals surface area contributed by atoms with E-state index < -0.39 is 5.91 Å². The first kappa shape index (κ1) is 19.9. The third kappa shape index (κ3) is 5.55. The highest BCUT2D eigenvalue weighted by Gasteiger charge is 2.11. The van der Waals surface area contributed by atoms with Gasteiger partial charge in [-0.3, -0.25) is 9.59 Å². The van der Waals surface area contributed by atoms with Crippen LogP contribution < -0.4 is 10.6 Å². The molecule has 0 heterocycles. The van der Waals surface area contributed by atoms with E-state index in [0.29, 0.717) is 11.3 Å². The Morgan fingerprint density at radius 1 is 1.19 bits per heavy atom. The van der Waals surface area contributed by atoms with Crippen LogP contribution in [0.25, 0.3) is 0 Å². The van der Waals surface area contributed by atoms with E-state index in [-0.39, 0.29) is 17.4 Å². The van der Waals surface area contributed by atoms with Gasteiger partial charge in [-0.05, 0) is 43.5 Å². The summed E-state index contributed by atoms with van der Waals surface area (Å²) in [6, 6.07) is 16.7. The van der Waals surface area contributed by atoms with Crippen LogP contribution in [-0.2, 0) is 11.2 Å². The summed E-state index contributed by atoms with van der Waals surface area (Å²) < 4.78 is 0. The molecule has 0 aliphatic heterocycles. The summed E-state index contributed by atoms with van der Waals surface area (Å²) in [6.07, 6.45) is 2.40. The fourth-order valence-electron chi connectivity index (χ4n) is 2.51. The van der Waals surface area contributed by atoms with Gasteiger partial charge in [-0.2, -0.15) is 5.26 Å². The maximum absolute atomic E-state index is 12.3. The lowest BCUT2D eigenvalue weighted by Crippen LogP contribution is -2.18. The minimum absolute atomic E-state index is 0.0414. The number of amides is 1. The summed E-state index contributed by atoms with van der Waals surface area (Å²) in [5.74, 6) is -0.619. The van der Waals surface area contributed by atoms with Gasteiger partial charge < -0.3 is 10.6 Å². The molecule has 0 saturated heterocycles. The van der Waals surface area contributed by atoms with Crippen molar-refractivity contribution in [2.45, 2.75) is 33.2 Å². The molecule has 0 bridgehead atoms. The number of hydrogen-bond acceptors (Lipinski definition) is 4. The standard InChI is InChI=1S/C22H23N3O2/c1-4-17-8-10-18(11-9-17)15(2)24-14-20(13-23)22(27)25-21-7-5-6-19(12-21)16(3)26/h5-12,14-15,24H,4H2,1-3H3,(H,25,27)/b20-14-. The number of hydrogen-bond donors (Lipinski definition) is 2. The molecule has 0 aliphatic carbocycles. The second-order valence-electron chi connectivity index (χ2n) is 6.24. The quantitative estimate of drug-likeness (QED) is 0.441. The molecular weight excluding hydrogens is 338 g/mol. The maximum atomic E-state index is 12.3. The summed E-state index contributed by atoms with van der Waals surface area (Å²) in [5, 5.41) is 15.0. The number of nitrogens with one attached hydrogen (secondary N) is 2. The molecule has 0 saturated carbocycles. The molecule has 1 unspecified atom stereocenters. The van der Waals surface area contributed by atoms with Crippen molar-refractivity contribution in [2.24, 2.45) is 0 Å². The Labute approximate surface area is 159 Å². The van der Waals surface area contributed by atoms with Gasteiger partial charge in [0.25, 0.3) is 5.91 Å². The molecule has 5 heteroatoms. The molecule has 2 N–H and O–H groups in total. The molecule has 0 fully saturated rings. The van der Waals surface area contributed by atoms with E-state index in [9.17, 15) is 14.9 Å². The van der Waals surface area contributed by atoms with Crippen LogP contribution in [0.1, 0.15) is 48.3 Å². The van der Waals surface area contributed by atoms with Crippen LogP contribution in [0.2, 0.25) is 0 Å². The number of carbonyl (C=O) groups is 2. The number of Topliss-reactive ketones (excluding diaryl/α,β-unsaturated/α-hetero) is 1. The fraction of sp³-hybridized carbons (Fsp3) is 0.227. The number of nitrogens with zero attached hydrogens (tertiary/aromatic N) is 1. The van der Waals surface area contributed by atoms with Crippen LogP contribution in [0.5, 0.6) is 0 Å². The van der Waals surface area contributed by atoms with E-state index in [2.05, 4.69) is 29.7 Å². The lowest BCUT2D eigenvalue weighted by Gasteiger charge is -2.13. The van der Waals surface area contributed by atoms with Crippen molar-refractivity contribution in [3.8, 4) is 6.07 Å². The number of benzene rings is 2. The number of ketones is 1. The largest absolute Gasteiger partial charge is 0.383 e. The first-order valence-corrected chi connectivity index (χ1v) is 8.82. The zero-order chi connectivity index (χ0) is 19.8. The first-order chi connectivity index (χ1) is 12.9. The number of nitriles is 1. The van der Waals surface area contributed by atoms with Crippen molar-refractivity contribution in [1.82, 2.24) is 5.32 Å². The molecule has 0 aliphatic rings. The SMILES string of the molecule is CCc1ccc(C(C)N/C=C(/C#N)C(=O)Nc2cccc(C(C)=O)c2)cc1. The molecular formula is C22H23N3O2. The number of carbonyl (C=O) groups excluding carboxylic acids is 2. The Balaban J connectivity index is 2.06. The van der Waals surface area contributed by atoms with Gasteiger partial charge in [-0.15, -0.1) is 0 Å². The van der Waals surface area contributed by atoms with E-state index in [1.165, 1.54) is 18.7 Å². The average molecular weight is 361 g/mol. The van der Waals surface area contributed by atoms with Gasteiger partial charge in [0, 0.05) is 23.5 Å². The zero-order valence-electron chi connectivity index (χ0n) is 15.7. The Bertz CT molecular complexity index is 893. The molecule has 2 aromatic rings. The predicted octanol–water partition coefficient (Wildman–Crippen LogP) is 4.15. The highest BCUT2D eigenvalue weighted by atomic mass is 16.1. The topological polar surface area (TPSA) is 82.0 Å². The van der Waals surface area contributed by atoms with Gasteiger partial charge in [0.15, 0.2) is 5.78 Å². The minimum Gasteiger partial charge on any atom is -0.383 e. The zero-order valence-corrected chi connectivity index (χ0v) is 15.7. The Morgan fingerprint density at radius 3 is 2.48 bits per heavy atom. The normalized spacial score (nSPS) is 12.0. The van der Waals surface area contributed by atoms with E-state index in [0.717, 1.165) is 12.0 Å². The lowest BCUT2D eigenvalue weighted by molar-refractivity contribution is -0.112. The third-order valence-corrected chi connectivity index (χ3v) is 4.26. The number of anilines is 1. The highest BCUT2D eigenvalue weighted by Crippen LogP contribution is 2.15. The molecule has 138 valence electrons. The summed E-state index contributed by atoms with van der Waals surface area (Å²) in [4.78, 5) is 23.8. The summed E-state index contributed by atoms with van der Waals surface area (Å²) in [7, 11) is 0. The van der Waals surface area contributed by atoms with Crippen molar-refractivity contribution < 1.29 is 9.59 Å². The number of rotatable bonds is 7. The van der Waals surface area contributed by atoms with Crippen molar-refractivity contribution in [1.29, 1.82) is 5.26 Å². The van der Waals surface area contributed by atoms with Crippen molar-refractivity contribution >= 4 is 17.4 Å². The third-order valence-electron chi connectivity index (χ3n) is 4.26. The maximum Gasteiger partial charge on any atom is 0.267 e. The molecule has 0 radical (unpaired) electrons. The Hall–Kier alpha value is -3.39. The molecule has 27 heavy (non-hydrogen) atoms. The molecule has 2 rings (SSSR count). The molecule has 1 amide bonds. The van der Waals surface area contributed by atoms with Crippen LogP contribution >= 0.6 is 0 Å². The van der Waals surface area contributed by atoms with Crippen LogP contribution in [-0.4, -0.2) is 11.7 Å². The monoisotopic (exact) mass is 361 g/mol. The fourth-order valence-corrected chi connectivity index (χ4v) is 2.51. The lowest BCUT2D eigenvalue weighted by atomic mass is 10.1. The van der Waals surface area contributed by atoms with Crippen LogP contribution in [0.4, 0.5) is 5.69 Å². The van der Waals surface area contributed by atoms with Gasteiger partial charge in [0.1, 0.15) is 11.6 Å². The van der Waals surface area contributed by atoms with Crippen molar-refractivity contribution in [2.75, 3.05) is 5.32 Å². The predicted molar refractivity (Wildman–Crippen MR) is 106 cm³/mol. The van der Waals surface area contributed by atoms with Crippen LogP contribution in [0.15, 0.2) is 60.3 Å². The van der Waals surface area contributed by atoms with Gasteiger partial charge in [-0.1, -0.05) is 43.3 Å². The molecule has 2 aromatic carbocycles. The first-order valence-electron chi connectivity index (χ1n) is 8.82. The van der Waals surface area contributed by atoms with Crippen LogP contribution in [0.3, 0.4) is 0 Å². The van der Waals surface area contributed by atoms with Gasteiger partial charge >= 0.3 is 0 Å². The molecule has 5 nitrogen and oxygen atoms in total. The second-order valence-corrected chi connectivity index (χ2v) is 6.24. The highest BCUT2D eigenvalue weighted by molar-refractivity contribution is 6.07. The molecule has 0 aromatic heterocycles. The smallest absolute Gasteiger partial charge is 0.267 e. The van der Waals surface area contributed by atoms with Gasteiger partial charge in [-0.25, -0.2) is 0 Å². The number of aryl methyl sites for hydroxylation is 1.